The van der Waals surface area contributed by atoms with Crippen LogP contribution < -0.4 is 4.74 Å². The topological polar surface area (TPSA) is 66.1 Å². The highest BCUT2D eigenvalue weighted by Gasteiger charge is 2.66. The molecule has 6 heteroatoms. The number of likely N-dealkylation sites (N-methyl/N-ethyl adjacent to an activating group) is 1. The number of nitrogens with zero attached hydrogens (tertiary/aromatic N) is 2. The number of benzene rings is 2. The molecule has 1 N–H and O–H groups in total. The molecular formula is C33H36N2O4. The summed E-state index contributed by atoms with van der Waals surface area (Å²) < 4.78 is 11.9. The third-order valence-corrected chi connectivity index (χ3v) is 10.1. The van der Waals surface area contributed by atoms with Crippen LogP contribution in [-0.4, -0.2) is 59.1 Å². The van der Waals surface area contributed by atoms with Crippen molar-refractivity contribution in [3.05, 3.63) is 88.9 Å². The lowest BCUT2D eigenvalue weighted by Gasteiger charge is -2.60. The highest BCUT2D eigenvalue weighted by Crippen LogP contribution is 2.64. The van der Waals surface area contributed by atoms with E-state index in [0.717, 1.165) is 56.3 Å². The van der Waals surface area contributed by atoms with Gasteiger partial charge in [-0.3, -0.25) is 9.69 Å². The Labute approximate surface area is 229 Å². The van der Waals surface area contributed by atoms with Crippen LogP contribution in [0.4, 0.5) is 0 Å². The molecular weight excluding hydrogens is 488 g/mol. The van der Waals surface area contributed by atoms with Crippen molar-refractivity contribution >= 4 is 12.0 Å². The van der Waals surface area contributed by atoms with Gasteiger partial charge in [-0.2, -0.15) is 0 Å². The first-order valence-corrected chi connectivity index (χ1v) is 14.2. The molecule has 3 aromatic rings. The number of rotatable bonds is 6. The first-order valence-electron chi connectivity index (χ1n) is 14.2. The summed E-state index contributed by atoms with van der Waals surface area (Å²) in [6.45, 7) is 4.18. The van der Waals surface area contributed by atoms with E-state index in [2.05, 4.69) is 42.2 Å². The monoisotopic (exact) mass is 524 g/mol. The molecule has 1 amide bonds. The number of phenolic OH excluding ortho intramolecular Hbond substituents is 1. The Morgan fingerprint density at radius 2 is 2.08 bits per heavy atom. The molecule has 202 valence electrons. The Morgan fingerprint density at radius 1 is 1.23 bits per heavy atom. The summed E-state index contributed by atoms with van der Waals surface area (Å²) in [5.41, 5.74) is 5.82. The number of carbonyl (C=O) groups is 1. The van der Waals surface area contributed by atoms with E-state index < -0.39 is 0 Å². The van der Waals surface area contributed by atoms with Gasteiger partial charge in [-0.15, -0.1) is 0 Å². The molecule has 2 bridgehead atoms. The number of piperidine rings is 1. The zero-order chi connectivity index (χ0) is 26.7. The van der Waals surface area contributed by atoms with Gasteiger partial charge in [0.15, 0.2) is 11.5 Å². The minimum Gasteiger partial charge on any atom is -0.504 e. The number of carbonyl (C=O) groups excluding carboxylic acids is 1. The summed E-state index contributed by atoms with van der Waals surface area (Å²) >= 11 is 0. The van der Waals surface area contributed by atoms with Gasteiger partial charge in [0.25, 0.3) is 0 Å². The first-order chi connectivity index (χ1) is 19.0. The van der Waals surface area contributed by atoms with Crippen molar-refractivity contribution in [3.8, 4) is 11.5 Å². The van der Waals surface area contributed by atoms with Crippen LogP contribution in [0.2, 0.25) is 0 Å². The maximum Gasteiger partial charge on any atom is 0.246 e. The van der Waals surface area contributed by atoms with E-state index in [1.54, 1.807) is 24.7 Å². The maximum atomic E-state index is 13.3. The number of hydrogen-bond donors (Lipinski definition) is 1. The van der Waals surface area contributed by atoms with Crippen molar-refractivity contribution in [1.82, 2.24) is 9.80 Å². The SMILES string of the molecule is Cc1cc(O)c2c3c1C[C@@H]1[C@@H]4CC[C@H](N(C)C(=O)/C=C/c5ccoc5)[C@H](O2)[C@]34CCN1CCc1ccccc1. The standard InChI is InChI=1S/C33H36N2O4/c1-21-18-28(36)31-30-24(21)19-27-25-9-10-26(34(2)29(37)11-8-23-13-17-38-20-23)32(39-31)33(25,30)14-16-35(27)15-12-22-6-4-3-5-7-22/h3-8,11,13,17-18,20,25-27,32,36H,9-10,12,14-16,19H2,1-2H3/b11-8+/t25-,26-,27+,32-,33-/m0/s1. The number of ether oxygens (including phenoxy) is 1. The molecule has 2 fully saturated rings. The maximum absolute atomic E-state index is 13.3. The summed E-state index contributed by atoms with van der Waals surface area (Å²) in [6, 6.07) is 14.9. The van der Waals surface area contributed by atoms with Crippen molar-refractivity contribution in [2.75, 3.05) is 20.1 Å². The van der Waals surface area contributed by atoms with Crippen molar-refractivity contribution in [2.45, 2.75) is 62.6 Å². The number of furan rings is 1. The Kier molecular flexibility index (Phi) is 5.85. The second-order valence-electron chi connectivity index (χ2n) is 11.9. The zero-order valence-electron chi connectivity index (χ0n) is 22.7. The number of likely N-dealkylation sites (tertiary alicyclic amines) is 1. The summed E-state index contributed by atoms with van der Waals surface area (Å²) in [5.74, 6) is 1.32. The normalized spacial score (nSPS) is 28.8. The van der Waals surface area contributed by atoms with Gasteiger partial charge in [0.2, 0.25) is 5.91 Å². The summed E-state index contributed by atoms with van der Waals surface area (Å²) in [7, 11) is 1.90. The van der Waals surface area contributed by atoms with Gasteiger partial charge in [-0.1, -0.05) is 30.3 Å². The number of aromatic hydroxyl groups is 1. The van der Waals surface area contributed by atoms with Crippen molar-refractivity contribution in [2.24, 2.45) is 5.92 Å². The Hall–Kier alpha value is -3.51. The van der Waals surface area contributed by atoms with Gasteiger partial charge in [-0.05, 0) is 86.4 Å². The lowest BCUT2D eigenvalue weighted by Crippen LogP contribution is -2.69. The molecule has 1 saturated heterocycles. The smallest absolute Gasteiger partial charge is 0.246 e. The molecule has 1 spiro atoms. The summed E-state index contributed by atoms with van der Waals surface area (Å²) in [5, 5.41) is 11.0. The highest BCUT2D eigenvalue weighted by molar-refractivity contribution is 5.91. The van der Waals surface area contributed by atoms with E-state index in [4.69, 9.17) is 9.15 Å². The molecule has 1 aromatic heterocycles. The van der Waals surface area contributed by atoms with Crippen LogP contribution in [0.1, 0.15) is 47.1 Å². The molecule has 2 aromatic carbocycles. The third kappa shape index (κ3) is 3.75. The lowest BCUT2D eigenvalue weighted by atomic mass is 9.50. The fourth-order valence-corrected chi connectivity index (χ4v) is 8.27. The minimum atomic E-state index is -0.175. The summed E-state index contributed by atoms with van der Waals surface area (Å²) in [4.78, 5) is 17.9. The predicted octanol–water partition coefficient (Wildman–Crippen LogP) is 5.12. The molecule has 3 heterocycles. The van der Waals surface area contributed by atoms with Crippen LogP contribution in [0.15, 0.2) is 65.5 Å². The van der Waals surface area contributed by atoms with E-state index >= 15 is 0 Å². The molecule has 1 saturated carbocycles. The molecule has 4 aliphatic rings. The quantitative estimate of drug-likeness (QED) is 0.454. The van der Waals surface area contributed by atoms with E-state index in [9.17, 15) is 9.90 Å². The molecule has 2 aliphatic carbocycles. The van der Waals surface area contributed by atoms with Gasteiger partial charge in [0.1, 0.15) is 6.10 Å². The number of phenols is 1. The largest absolute Gasteiger partial charge is 0.504 e. The third-order valence-electron chi connectivity index (χ3n) is 10.1. The van der Waals surface area contributed by atoms with Crippen molar-refractivity contribution in [1.29, 1.82) is 0 Å². The average Bonchev–Trinajstić information content (AvgIpc) is 3.59. The van der Waals surface area contributed by atoms with Crippen LogP contribution in [0, 0.1) is 12.8 Å². The van der Waals surface area contributed by atoms with E-state index in [1.165, 1.54) is 16.7 Å². The van der Waals surface area contributed by atoms with Gasteiger partial charge in [0.05, 0.1) is 18.6 Å². The predicted molar refractivity (Wildman–Crippen MR) is 150 cm³/mol. The van der Waals surface area contributed by atoms with Gasteiger partial charge < -0.3 is 19.2 Å². The highest BCUT2D eigenvalue weighted by atomic mass is 16.5. The van der Waals surface area contributed by atoms with E-state index in [1.807, 2.05) is 24.1 Å². The van der Waals surface area contributed by atoms with Gasteiger partial charge in [0, 0.05) is 42.3 Å². The second-order valence-corrected chi connectivity index (χ2v) is 11.9. The molecule has 0 unspecified atom stereocenters. The average molecular weight is 525 g/mol. The summed E-state index contributed by atoms with van der Waals surface area (Å²) in [6.07, 6.45) is 11.5. The lowest BCUT2D eigenvalue weighted by molar-refractivity contribution is -0.135. The van der Waals surface area contributed by atoms with E-state index in [0.29, 0.717) is 17.7 Å². The minimum absolute atomic E-state index is 0.0381. The first kappa shape index (κ1) is 24.5. The van der Waals surface area contributed by atoms with Gasteiger partial charge >= 0.3 is 0 Å². The molecule has 5 atom stereocenters. The van der Waals surface area contributed by atoms with Crippen LogP contribution >= 0.6 is 0 Å². The van der Waals surface area contributed by atoms with Crippen molar-refractivity contribution in [3.63, 3.8) is 0 Å². The molecule has 7 rings (SSSR count). The van der Waals surface area contributed by atoms with Crippen molar-refractivity contribution < 1.29 is 19.1 Å². The van der Waals surface area contributed by atoms with Crippen LogP contribution in [0.3, 0.4) is 0 Å². The van der Waals surface area contributed by atoms with Crippen LogP contribution in [0.5, 0.6) is 11.5 Å². The Morgan fingerprint density at radius 3 is 2.87 bits per heavy atom. The Balaban J connectivity index is 1.22. The molecule has 6 nitrogen and oxygen atoms in total. The number of amides is 1. The number of hydrogen-bond acceptors (Lipinski definition) is 5. The molecule has 2 aliphatic heterocycles. The fourth-order valence-electron chi connectivity index (χ4n) is 8.27. The zero-order valence-corrected chi connectivity index (χ0v) is 22.7. The fraction of sp³-hybridized carbons (Fsp3) is 0.424. The number of aryl methyl sites for hydroxylation is 1. The molecule has 0 radical (unpaired) electrons. The van der Waals surface area contributed by atoms with Crippen LogP contribution in [-0.2, 0) is 23.1 Å². The Bertz CT molecular complexity index is 1420. The molecule has 39 heavy (non-hydrogen) atoms. The van der Waals surface area contributed by atoms with Gasteiger partial charge in [-0.25, -0.2) is 0 Å². The van der Waals surface area contributed by atoms with E-state index in [-0.39, 0.29) is 29.2 Å². The van der Waals surface area contributed by atoms with Crippen LogP contribution in [0.25, 0.3) is 6.08 Å². The second kappa shape index (κ2) is 9.30.